The highest BCUT2D eigenvalue weighted by Gasteiger charge is 2.21. The lowest BCUT2D eigenvalue weighted by Gasteiger charge is -2.32. The van der Waals surface area contributed by atoms with E-state index in [2.05, 4.69) is 33.1 Å². The Morgan fingerprint density at radius 1 is 1.10 bits per heavy atom. The van der Waals surface area contributed by atoms with Crippen molar-refractivity contribution < 1.29 is 4.90 Å². The second-order valence-electron chi connectivity index (χ2n) is 5.27. The minimum atomic E-state index is 0.722. The van der Waals surface area contributed by atoms with Gasteiger partial charge in [-0.3, -0.25) is 0 Å². The van der Waals surface area contributed by atoms with Crippen LogP contribution in [0.2, 0.25) is 0 Å². The summed E-state index contributed by atoms with van der Waals surface area (Å²) in [4.78, 5) is 12.4. The first-order valence-corrected chi connectivity index (χ1v) is 7.20. The molecule has 3 rings (SSSR count). The highest BCUT2D eigenvalue weighted by Crippen LogP contribution is 2.05. The quantitative estimate of drug-likeness (QED) is 0.876. The van der Waals surface area contributed by atoms with Crippen molar-refractivity contribution in [1.82, 2.24) is 9.97 Å². The fraction of sp³-hybridized carbons (Fsp3) is 0.312. The first-order valence-electron chi connectivity index (χ1n) is 7.20. The van der Waals surface area contributed by atoms with Crippen LogP contribution in [0, 0.1) is 11.3 Å². The van der Waals surface area contributed by atoms with E-state index in [1.807, 2.05) is 18.2 Å². The number of nitrogens with one attached hydrogen (secondary N) is 1. The van der Waals surface area contributed by atoms with Crippen molar-refractivity contribution >= 4 is 5.95 Å². The van der Waals surface area contributed by atoms with Gasteiger partial charge in [0.05, 0.1) is 37.8 Å². The zero-order valence-corrected chi connectivity index (χ0v) is 11.9. The number of anilines is 1. The first-order chi connectivity index (χ1) is 10.3. The second kappa shape index (κ2) is 6.33. The number of nitrogens with zero attached hydrogens (tertiary/aromatic N) is 4. The largest absolute Gasteiger partial charge is 0.330 e. The van der Waals surface area contributed by atoms with Gasteiger partial charge in [-0.2, -0.15) is 5.26 Å². The van der Waals surface area contributed by atoms with Crippen molar-refractivity contribution in [3.8, 4) is 6.07 Å². The third-order valence-electron chi connectivity index (χ3n) is 3.84. The van der Waals surface area contributed by atoms with E-state index in [-0.39, 0.29) is 0 Å². The molecular formula is C16H18N5+. The molecule has 21 heavy (non-hydrogen) atoms. The Morgan fingerprint density at radius 2 is 1.76 bits per heavy atom. The molecule has 2 aromatic rings. The molecule has 0 saturated carbocycles. The summed E-state index contributed by atoms with van der Waals surface area (Å²) in [6.45, 7) is 5.14. The first kappa shape index (κ1) is 13.5. The molecular weight excluding hydrogens is 262 g/mol. The summed E-state index contributed by atoms with van der Waals surface area (Å²) in [6.07, 6.45) is 3.58. The molecule has 5 nitrogen and oxygen atoms in total. The van der Waals surface area contributed by atoms with Gasteiger partial charge in [0.1, 0.15) is 6.54 Å². The van der Waals surface area contributed by atoms with Crippen molar-refractivity contribution in [2.45, 2.75) is 6.54 Å². The highest BCUT2D eigenvalue weighted by molar-refractivity contribution is 5.31. The lowest BCUT2D eigenvalue weighted by atomic mass is 10.1. The number of benzene rings is 1. The van der Waals surface area contributed by atoms with Crippen LogP contribution in [0.4, 0.5) is 5.95 Å². The van der Waals surface area contributed by atoms with Crippen LogP contribution in [0.3, 0.4) is 0 Å². The summed E-state index contributed by atoms with van der Waals surface area (Å²) in [5, 5.41) is 8.81. The molecule has 0 amide bonds. The van der Waals surface area contributed by atoms with Crippen LogP contribution in [0.1, 0.15) is 11.1 Å². The topological polar surface area (TPSA) is 57.2 Å². The Labute approximate surface area is 124 Å². The second-order valence-corrected chi connectivity index (χ2v) is 5.27. The third kappa shape index (κ3) is 3.36. The number of aromatic nitrogens is 2. The monoisotopic (exact) mass is 280 g/mol. The van der Waals surface area contributed by atoms with Gasteiger partial charge in [-0.25, -0.2) is 9.97 Å². The van der Waals surface area contributed by atoms with E-state index in [4.69, 9.17) is 5.26 Å². The van der Waals surface area contributed by atoms with E-state index in [0.717, 1.165) is 44.2 Å². The van der Waals surface area contributed by atoms with Crippen molar-refractivity contribution in [2.24, 2.45) is 0 Å². The molecule has 1 saturated heterocycles. The van der Waals surface area contributed by atoms with Crippen molar-refractivity contribution in [3.05, 3.63) is 53.9 Å². The zero-order valence-electron chi connectivity index (χ0n) is 11.9. The van der Waals surface area contributed by atoms with Crippen LogP contribution < -0.4 is 9.80 Å². The maximum atomic E-state index is 8.81. The van der Waals surface area contributed by atoms with E-state index < -0.39 is 0 Å². The Kier molecular flexibility index (Phi) is 4.08. The summed E-state index contributed by atoms with van der Waals surface area (Å²) in [7, 11) is 0. The van der Waals surface area contributed by atoms with Crippen LogP contribution in [-0.2, 0) is 6.54 Å². The van der Waals surface area contributed by atoms with Gasteiger partial charge in [0.15, 0.2) is 0 Å². The minimum absolute atomic E-state index is 0.722. The van der Waals surface area contributed by atoms with E-state index in [0.29, 0.717) is 0 Å². The van der Waals surface area contributed by atoms with Gasteiger partial charge in [-0.15, -0.1) is 0 Å². The minimum Gasteiger partial charge on any atom is -0.330 e. The Bertz CT molecular complexity index is 609. The van der Waals surface area contributed by atoms with E-state index in [1.165, 1.54) is 5.56 Å². The summed E-state index contributed by atoms with van der Waals surface area (Å²) < 4.78 is 0. The van der Waals surface area contributed by atoms with Gasteiger partial charge in [0.25, 0.3) is 0 Å². The van der Waals surface area contributed by atoms with E-state index >= 15 is 0 Å². The lowest BCUT2D eigenvalue weighted by Crippen LogP contribution is -3.13. The molecule has 1 aromatic carbocycles. The normalized spacial score (nSPS) is 15.7. The van der Waals surface area contributed by atoms with Crippen LogP contribution in [0.15, 0.2) is 42.7 Å². The molecule has 0 radical (unpaired) electrons. The molecule has 1 aliphatic rings. The smallest absolute Gasteiger partial charge is 0.225 e. The van der Waals surface area contributed by atoms with Gasteiger partial charge in [-0.1, -0.05) is 12.1 Å². The number of hydrogen-bond acceptors (Lipinski definition) is 4. The van der Waals surface area contributed by atoms with Crippen molar-refractivity contribution in [3.63, 3.8) is 0 Å². The molecule has 0 unspecified atom stereocenters. The number of quaternary nitrogens is 1. The third-order valence-corrected chi connectivity index (χ3v) is 3.84. The van der Waals surface area contributed by atoms with E-state index in [1.54, 1.807) is 17.3 Å². The van der Waals surface area contributed by atoms with E-state index in [9.17, 15) is 0 Å². The van der Waals surface area contributed by atoms with Gasteiger partial charge >= 0.3 is 0 Å². The molecule has 0 bridgehead atoms. The molecule has 0 atom stereocenters. The molecule has 1 N–H and O–H groups in total. The Hall–Kier alpha value is -2.45. The maximum Gasteiger partial charge on any atom is 0.225 e. The van der Waals surface area contributed by atoms with Crippen LogP contribution in [-0.4, -0.2) is 36.1 Å². The summed E-state index contributed by atoms with van der Waals surface area (Å²) in [5.41, 5.74) is 2.01. The van der Waals surface area contributed by atoms with Crippen molar-refractivity contribution in [2.75, 3.05) is 31.1 Å². The zero-order chi connectivity index (χ0) is 14.5. The summed E-state index contributed by atoms with van der Waals surface area (Å²) >= 11 is 0. The highest BCUT2D eigenvalue weighted by atomic mass is 15.3. The Morgan fingerprint density at radius 3 is 2.38 bits per heavy atom. The number of nitriles is 1. The molecule has 0 spiro atoms. The predicted octanol–water partition coefficient (Wildman–Crippen LogP) is 0.253. The van der Waals surface area contributed by atoms with Gasteiger partial charge < -0.3 is 9.80 Å². The predicted molar refractivity (Wildman–Crippen MR) is 79.8 cm³/mol. The van der Waals surface area contributed by atoms with Crippen molar-refractivity contribution in [1.29, 1.82) is 5.26 Å². The fourth-order valence-electron chi connectivity index (χ4n) is 2.64. The lowest BCUT2D eigenvalue weighted by molar-refractivity contribution is -0.914. The number of hydrogen-bond donors (Lipinski definition) is 1. The molecule has 106 valence electrons. The van der Waals surface area contributed by atoms with Crippen LogP contribution in [0.5, 0.6) is 0 Å². The Balaban J connectivity index is 1.55. The summed E-state index contributed by atoms with van der Waals surface area (Å²) in [6, 6.07) is 11.9. The molecule has 5 heteroatoms. The molecule has 1 aromatic heterocycles. The number of rotatable bonds is 3. The SMILES string of the molecule is N#Cc1ccc(C[NH+]2CCN(c3ncccn3)CC2)cc1. The summed E-state index contributed by atoms with van der Waals surface area (Å²) in [5.74, 6) is 0.829. The molecule has 1 fully saturated rings. The average molecular weight is 280 g/mol. The van der Waals surface area contributed by atoms with Crippen LogP contribution in [0.25, 0.3) is 0 Å². The molecule has 1 aliphatic heterocycles. The fourth-order valence-corrected chi connectivity index (χ4v) is 2.64. The van der Waals surface area contributed by atoms with Gasteiger partial charge in [-0.05, 0) is 18.2 Å². The van der Waals surface area contributed by atoms with Crippen LogP contribution >= 0.6 is 0 Å². The maximum absolute atomic E-state index is 8.81. The number of piperazine rings is 1. The standard InChI is InChI=1S/C16H17N5/c17-12-14-2-4-15(5-3-14)13-20-8-10-21(11-9-20)16-18-6-1-7-19-16/h1-7H,8-11,13H2/p+1. The van der Waals surface area contributed by atoms with Gasteiger partial charge in [0.2, 0.25) is 5.95 Å². The molecule has 0 aliphatic carbocycles. The average Bonchev–Trinajstić information content (AvgIpc) is 2.57. The molecule has 2 heterocycles. The van der Waals surface area contributed by atoms with Gasteiger partial charge in [0, 0.05) is 18.0 Å².